The molecule has 0 fully saturated rings. The summed E-state index contributed by atoms with van der Waals surface area (Å²) in [4.78, 5) is 12.9. The molecule has 0 aliphatic heterocycles. The Morgan fingerprint density at radius 1 is 0.962 bits per heavy atom. The summed E-state index contributed by atoms with van der Waals surface area (Å²) in [5.41, 5.74) is 3.19. The van der Waals surface area contributed by atoms with Gasteiger partial charge in [0.05, 0.1) is 10.6 Å². The molecule has 0 heterocycles. The second-order valence-corrected chi connectivity index (χ2v) is 6.00. The van der Waals surface area contributed by atoms with Crippen LogP contribution in [0.15, 0.2) is 78.9 Å². The van der Waals surface area contributed by atoms with E-state index in [2.05, 4.69) is 5.32 Å². The van der Waals surface area contributed by atoms with Crippen LogP contribution in [0.1, 0.15) is 16.7 Å². The largest absolute Gasteiger partial charge is 0.322 e. The first-order valence-corrected chi connectivity index (χ1v) is 8.38. The molecule has 3 nitrogen and oxygen atoms in total. The van der Waals surface area contributed by atoms with Crippen molar-refractivity contribution in [2.24, 2.45) is 0 Å². The highest BCUT2D eigenvalue weighted by Gasteiger charge is 2.13. The van der Waals surface area contributed by atoms with E-state index < -0.39 is 0 Å². The van der Waals surface area contributed by atoms with Gasteiger partial charge in [-0.3, -0.25) is 4.79 Å². The van der Waals surface area contributed by atoms with Crippen LogP contribution in [0.2, 0.25) is 5.02 Å². The molecule has 1 N–H and O–H groups in total. The van der Waals surface area contributed by atoms with Gasteiger partial charge in [0.15, 0.2) is 0 Å². The summed E-state index contributed by atoms with van der Waals surface area (Å²) < 4.78 is 0. The number of hydrogen-bond donors (Lipinski definition) is 1. The van der Waals surface area contributed by atoms with E-state index in [1.165, 1.54) is 0 Å². The van der Waals surface area contributed by atoms with Gasteiger partial charge in [0.1, 0.15) is 6.07 Å². The lowest BCUT2D eigenvalue weighted by Crippen LogP contribution is -2.13. The van der Waals surface area contributed by atoms with E-state index in [1.807, 2.05) is 72.8 Å². The van der Waals surface area contributed by atoms with E-state index in [9.17, 15) is 4.79 Å². The highest BCUT2D eigenvalue weighted by molar-refractivity contribution is 6.32. The average molecular weight is 359 g/mol. The van der Waals surface area contributed by atoms with Gasteiger partial charge in [0, 0.05) is 11.3 Å². The van der Waals surface area contributed by atoms with Crippen molar-refractivity contribution in [1.29, 1.82) is 5.26 Å². The number of amides is 1. The fraction of sp³-hybridized carbons (Fsp3) is 0. The van der Waals surface area contributed by atoms with Crippen LogP contribution >= 0.6 is 11.6 Å². The number of anilines is 1. The average Bonchev–Trinajstić information content (AvgIpc) is 2.68. The van der Waals surface area contributed by atoms with Crippen molar-refractivity contribution in [2.45, 2.75) is 0 Å². The minimum absolute atomic E-state index is 0.249. The molecule has 126 valence electrons. The molecule has 4 heteroatoms. The Morgan fingerprint density at radius 3 is 2.23 bits per heavy atom. The number of carbonyl (C=O) groups is 1. The number of halogens is 1. The lowest BCUT2D eigenvalue weighted by atomic mass is 10.0. The minimum Gasteiger partial charge on any atom is -0.322 e. The van der Waals surface area contributed by atoms with Gasteiger partial charge >= 0.3 is 0 Å². The second kappa shape index (κ2) is 8.15. The van der Waals surface area contributed by atoms with Crippen molar-refractivity contribution in [3.63, 3.8) is 0 Å². The Bertz CT molecular complexity index is 990. The SMILES string of the molecule is N#Cc1ccc(NC(=O)/C(=C\c2ccccc2)c2ccccc2)cc1Cl. The van der Waals surface area contributed by atoms with Crippen LogP contribution in [0.4, 0.5) is 5.69 Å². The molecule has 0 atom stereocenters. The normalized spacial score (nSPS) is 10.8. The van der Waals surface area contributed by atoms with Crippen molar-refractivity contribution in [1.82, 2.24) is 0 Å². The molecule has 0 aliphatic carbocycles. The molecule has 0 bridgehead atoms. The third kappa shape index (κ3) is 4.18. The van der Waals surface area contributed by atoms with Crippen LogP contribution in [0.25, 0.3) is 11.6 Å². The molecular formula is C22H15ClN2O. The van der Waals surface area contributed by atoms with E-state index in [1.54, 1.807) is 18.2 Å². The molecule has 1 amide bonds. The third-order valence-electron chi connectivity index (χ3n) is 3.79. The van der Waals surface area contributed by atoms with Gasteiger partial charge < -0.3 is 5.32 Å². The minimum atomic E-state index is -0.249. The monoisotopic (exact) mass is 358 g/mol. The zero-order chi connectivity index (χ0) is 18.4. The first-order chi connectivity index (χ1) is 12.7. The van der Waals surface area contributed by atoms with Gasteiger partial charge in [-0.05, 0) is 35.4 Å². The Hall–Kier alpha value is -3.35. The molecule has 26 heavy (non-hydrogen) atoms. The van der Waals surface area contributed by atoms with Crippen LogP contribution in [-0.2, 0) is 4.79 Å². The van der Waals surface area contributed by atoms with E-state index in [0.29, 0.717) is 21.8 Å². The Labute approximate surface area is 157 Å². The van der Waals surface area contributed by atoms with Gasteiger partial charge in [0.25, 0.3) is 5.91 Å². The predicted molar refractivity (Wildman–Crippen MR) is 106 cm³/mol. The maximum absolute atomic E-state index is 12.9. The molecule has 3 aromatic carbocycles. The highest BCUT2D eigenvalue weighted by Crippen LogP contribution is 2.23. The van der Waals surface area contributed by atoms with E-state index in [-0.39, 0.29) is 5.91 Å². The number of nitriles is 1. The van der Waals surface area contributed by atoms with Gasteiger partial charge in [-0.2, -0.15) is 5.26 Å². The topological polar surface area (TPSA) is 52.9 Å². The summed E-state index contributed by atoms with van der Waals surface area (Å²) in [6.07, 6.45) is 1.84. The molecule has 0 unspecified atom stereocenters. The predicted octanol–water partition coefficient (Wildman–Crippen LogP) is 5.39. The zero-order valence-electron chi connectivity index (χ0n) is 13.8. The van der Waals surface area contributed by atoms with E-state index >= 15 is 0 Å². The van der Waals surface area contributed by atoms with Crippen LogP contribution in [-0.4, -0.2) is 5.91 Å². The number of nitrogens with zero attached hydrogens (tertiary/aromatic N) is 1. The molecule has 0 aliphatic rings. The van der Waals surface area contributed by atoms with Crippen LogP contribution in [0, 0.1) is 11.3 Å². The first-order valence-electron chi connectivity index (χ1n) is 8.00. The molecule has 3 aromatic rings. The summed E-state index contributed by atoms with van der Waals surface area (Å²) in [6.45, 7) is 0. The van der Waals surface area contributed by atoms with Crippen LogP contribution in [0.3, 0.4) is 0 Å². The smallest absolute Gasteiger partial charge is 0.256 e. The number of rotatable bonds is 4. The molecule has 0 spiro atoms. The van der Waals surface area contributed by atoms with Gasteiger partial charge in [0.2, 0.25) is 0 Å². The van der Waals surface area contributed by atoms with Gasteiger partial charge in [-0.15, -0.1) is 0 Å². The molecule has 0 saturated carbocycles. The number of hydrogen-bond acceptors (Lipinski definition) is 2. The van der Waals surface area contributed by atoms with Gasteiger partial charge in [-0.1, -0.05) is 72.3 Å². The fourth-order valence-electron chi connectivity index (χ4n) is 2.50. The van der Waals surface area contributed by atoms with Crippen molar-refractivity contribution >= 4 is 34.8 Å². The fourth-order valence-corrected chi connectivity index (χ4v) is 2.72. The van der Waals surface area contributed by atoms with Crippen molar-refractivity contribution in [2.75, 3.05) is 5.32 Å². The van der Waals surface area contributed by atoms with Crippen molar-refractivity contribution in [3.8, 4) is 6.07 Å². The maximum atomic E-state index is 12.9. The zero-order valence-corrected chi connectivity index (χ0v) is 14.6. The Kier molecular flexibility index (Phi) is 5.48. The van der Waals surface area contributed by atoms with Crippen LogP contribution < -0.4 is 5.32 Å². The van der Waals surface area contributed by atoms with Gasteiger partial charge in [-0.25, -0.2) is 0 Å². The van der Waals surface area contributed by atoms with Crippen molar-refractivity contribution < 1.29 is 4.79 Å². The Morgan fingerprint density at radius 2 is 1.62 bits per heavy atom. The summed E-state index contributed by atoms with van der Waals surface area (Å²) in [5.74, 6) is -0.249. The van der Waals surface area contributed by atoms with Crippen LogP contribution in [0.5, 0.6) is 0 Å². The number of benzene rings is 3. The molecule has 3 rings (SSSR count). The summed E-state index contributed by atoms with van der Waals surface area (Å²) in [6, 6.07) is 25.9. The maximum Gasteiger partial charge on any atom is 0.256 e. The lowest BCUT2D eigenvalue weighted by Gasteiger charge is -2.10. The molecular weight excluding hydrogens is 344 g/mol. The highest BCUT2D eigenvalue weighted by atomic mass is 35.5. The van der Waals surface area contributed by atoms with E-state index in [4.69, 9.17) is 16.9 Å². The third-order valence-corrected chi connectivity index (χ3v) is 4.10. The van der Waals surface area contributed by atoms with Crippen molar-refractivity contribution in [3.05, 3.63) is 101 Å². The molecule has 0 aromatic heterocycles. The second-order valence-electron chi connectivity index (χ2n) is 5.60. The van der Waals surface area contributed by atoms with E-state index in [0.717, 1.165) is 11.1 Å². The summed E-state index contributed by atoms with van der Waals surface area (Å²) in [5, 5.41) is 12.1. The number of carbonyl (C=O) groups excluding carboxylic acids is 1. The lowest BCUT2D eigenvalue weighted by molar-refractivity contribution is -0.111. The summed E-state index contributed by atoms with van der Waals surface area (Å²) in [7, 11) is 0. The first kappa shape index (κ1) is 17.5. The standard InChI is InChI=1S/C22H15ClN2O/c23-21-14-19(12-11-18(21)15-24)25-22(26)20(17-9-5-2-6-10-17)13-16-7-3-1-4-8-16/h1-14H,(H,25,26)/b20-13-. The summed E-state index contributed by atoms with van der Waals surface area (Å²) >= 11 is 6.05. The molecule has 0 saturated heterocycles. The molecule has 0 radical (unpaired) electrons. The number of nitrogens with one attached hydrogen (secondary N) is 1. The quantitative estimate of drug-likeness (QED) is 0.502. The Balaban J connectivity index is 1.94.